The summed E-state index contributed by atoms with van der Waals surface area (Å²) in [6.07, 6.45) is 3.50. The monoisotopic (exact) mass is 517 g/mol. The zero-order valence-electron chi connectivity index (χ0n) is 19.1. The van der Waals surface area contributed by atoms with Gasteiger partial charge in [0.25, 0.3) is 5.91 Å². The first-order valence-corrected chi connectivity index (χ1v) is 13.8. The molecular weight excluding hydrogens is 490 g/mol. The van der Waals surface area contributed by atoms with Crippen LogP contribution < -0.4 is 10.6 Å². The lowest BCUT2D eigenvalue weighted by Gasteiger charge is -2.23. The van der Waals surface area contributed by atoms with Gasteiger partial charge in [0.15, 0.2) is 6.61 Å². The van der Waals surface area contributed by atoms with Crippen molar-refractivity contribution in [3.8, 4) is 0 Å². The molecule has 1 unspecified atom stereocenters. The molecule has 11 heteroatoms. The minimum absolute atomic E-state index is 0.106. The zero-order valence-corrected chi connectivity index (χ0v) is 20.7. The van der Waals surface area contributed by atoms with Gasteiger partial charge < -0.3 is 15.4 Å². The number of hydrogen-bond donors (Lipinski definition) is 2. The van der Waals surface area contributed by atoms with Gasteiger partial charge in [-0.25, -0.2) is 8.42 Å². The minimum Gasteiger partial charge on any atom is -0.456 e. The first kappa shape index (κ1) is 25.2. The average Bonchev–Trinajstić information content (AvgIpc) is 3.14. The van der Waals surface area contributed by atoms with Crippen LogP contribution in [0, 0.1) is 0 Å². The Morgan fingerprint density at radius 1 is 1.06 bits per heavy atom. The molecule has 0 saturated carbocycles. The molecular formula is C24H27N3O6S2. The lowest BCUT2D eigenvalue weighted by molar-refractivity contribution is -0.147. The summed E-state index contributed by atoms with van der Waals surface area (Å²) in [7, 11) is -3.66. The standard InChI is InChI=1S/C24H27N3O6S2/c28-22(16-33-23(29)15-21-24(30)26-19-10-3-4-11-20(19)34-21)25-17-8-7-9-18(14-17)35(31,32)27-12-5-1-2-6-13-27/h3-4,7-11,14,21H,1-2,5-6,12-13,15-16H2,(H,25,28)(H,26,30). The summed E-state index contributed by atoms with van der Waals surface area (Å²) in [6.45, 7) is 0.424. The molecule has 9 nitrogen and oxygen atoms in total. The van der Waals surface area contributed by atoms with Crippen LogP contribution in [-0.2, 0) is 29.1 Å². The summed E-state index contributed by atoms with van der Waals surface area (Å²) < 4.78 is 32.5. The molecule has 2 amide bonds. The fourth-order valence-electron chi connectivity index (χ4n) is 3.95. The number of ether oxygens (including phenoxy) is 1. The van der Waals surface area contributed by atoms with Crippen LogP contribution in [-0.4, -0.2) is 55.5 Å². The SMILES string of the molecule is O=C(COC(=O)CC1Sc2ccccc2NC1=O)Nc1cccc(S(=O)(=O)N2CCCCCC2)c1. The van der Waals surface area contributed by atoms with E-state index < -0.39 is 33.8 Å². The smallest absolute Gasteiger partial charge is 0.307 e. The number of anilines is 2. The van der Waals surface area contributed by atoms with E-state index in [4.69, 9.17) is 4.74 Å². The number of esters is 1. The third-order valence-corrected chi connectivity index (χ3v) is 8.91. The number of sulfonamides is 1. The normalized spacial score (nSPS) is 18.6. The molecule has 186 valence electrons. The number of rotatable bonds is 7. The second-order valence-electron chi connectivity index (χ2n) is 8.35. The van der Waals surface area contributed by atoms with Crippen LogP contribution in [0.4, 0.5) is 11.4 Å². The van der Waals surface area contributed by atoms with Crippen LogP contribution >= 0.6 is 11.8 Å². The van der Waals surface area contributed by atoms with Crippen molar-refractivity contribution in [2.24, 2.45) is 0 Å². The lowest BCUT2D eigenvalue weighted by Crippen LogP contribution is -2.32. The Morgan fingerprint density at radius 3 is 2.57 bits per heavy atom. The molecule has 2 heterocycles. The van der Waals surface area contributed by atoms with Crippen LogP contribution in [0.5, 0.6) is 0 Å². The molecule has 4 rings (SSSR count). The van der Waals surface area contributed by atoms with E-state index in [2.05, 4.69) is 10.6 Å². The molecule has 2 aromatic carbocycles. The predicted molar refractivity (Wildman–Crippen MR) is 133 cm³/mol. The van der Waals surface area contributed by atoms with E-state index >= 15 is 0 Å². The molecule has 1 atom stereocenters. The predicted octanol–water partition coefficient (Wildman–Crippen LogP) is 3.24. The first-order chi connectivity index (χ1) is 16.8. The van der Waals surface area contributed by atoms with Crippen LogP contribution in [0.25, 0.3) is 0 Å². The lowest BCUT2D eigenvalue weighted by atomic mass is 10.2. The van der Waals surface area contributed by atoms with Crippen molar-refractivity contribution in [3.63, 3.8) is 0 Å². The van der Waals surface area contributed by atoms with E-state index in [9.17, 15) is 22.8 Å². The van der Waals surface area contributed by atoms with Gasteiger partial charge in [0.1, 0.15) is 0 Å². The summed E-state index contributed by atoms with van der Waals surface area (Å²) in [5.41, 5.74) is 0.993. The van der Waals surface area contributed by atoms with E-state index in [1.165, 1.54) is 28.2 Å². The van der Waals surface area contributed by atoms with Gasteiger partial charge in [-0.1, -0.05) is 31.0 Å². The molecule has 0 aliphatic carbocycles. The fraction of sp³-hybridized carbons (Fsp3) is 0.375. The van der Waals surface area contributed by atoms with Gasteiger partial charge in [-0.05, 0) is 43.2 Å². The third kappa shape index (κ3) is 6.41. The molecule has 1 saturated heterocycles. The molecule has 2 N–H and O–H groups in total. The number of hydrogen-bond acceptors (Lipinski definition) is 7. The minimum atomic E-state index is -3.66. The van der Waals surface area contributed by atoms with Gasteiger partial charge in [-0.15, -0.1) is 11.8 Å². The summed E-state index contributed by atoms with van der Waals surface area (Å²) >= 11 is 1.27. The average molecular weight is 518 g/mol. The van der Waals surface area contributed by atoms with Gasteiger partial charge in [0, 0.05) is 23.7 Å². The molecule has 2 aromatic rings. The second kappa shape index (κ2) is 11.2. The number of thioether (sulfide) groups is 1. The molecule has 35 heavy (non-hydrogen) atoms. The molecule has 0 radical (unpaired) electrons. The van der Waals surface area contributed by atoms with E-state index in [-0.39, 0.29) is 17.2 Å². The topological polar surface area (TPSA) is 122 Å². The summed E-state index contributed by atoms with van der Waals surface area (Å²) in [5.74, 6) is -1.57. The van der Waals surface area contributed by atoms with Crippen LogP contribution in [0.15, 0.2) is 58.3 Å². The van der Waals surface area contributed by atoms with Crippen molar-refractivity contribution in [1.29, 1.82) is 0 Å². The molecule has 0 spiro atoms. The number of nitrogens with one attached hydrogen (secondary N) is 2. The number of carbonyl (C=O) groups excluding carboxylic acids is 3. The Morgan fingerprint density at radius 2 is 1.80 bits per heavy atom. The number of para-hydroxylation sites is 1. The Hall–Kier alpha value is -2.89. The Labute approximate surface area is 208 Å². The fourth-order valence-corrected chi connectivity index (χ4v) is 6.60. The molecule has 0 bridgehead atoms. The van der Waals surface area contributed by atoms with Gasteiger partial charge in [-0.3, -0.25) is 14.4 Å². The second-order valence-corrected chi connectivity index (χ2v) is 11.5. The maximum atomic E-state index is 13.0. The van der Waals surface area contributed by atoms with Crippen molar-refractivity contribution in [2.45, 2.75) is 47.1 Å². The zero-order chi connectivity index (χ0) is 24.8. The quantitative estimate of drug-likeness (QED) is 0.541. The van der Waals surface area contributed by atoms with E-state index in [1.807, 2.05) is 18.2 Å². The van der Waals surface area contributed by atoms with E-state index in [0.717, 1.165) is 30.6 Å². The van der Waals surface area contributed by atoms with Crippen LogP contribution in [0.2, 0.25) is 0 Å². The third-order valence-electron chi connectivity index (χ3n) is 5.74. The highest BCUT2D eigenvalue weighted by Crippen LogP contribution is 2.36. The Balaban J connectivity index is 1.29. The van der Waals surface area contributed by atoms with E-state index in [1.54, 1.807) is 18.2 Å². The van der Waals surface area contributed by atoms with Gasteiger partial charge in [-0.2, -0.15) is 4.31 Å². The number of carbonyl (C=O) groups is 3. The maximum Gasteiger partial charge on any atom is 0.307 e. The van der Waals surface area contributed by atoms with Crippen molar-refractivity contribution >= 4 is 50.9 Å². The van der Waals surface area contributed by atoms with Gasteiger partial charge in [0.05, 0.1) is 22.3 Å². The van der Waals surface area contributed by atoms with Crippen molar-refractivity contribution in [1.82, 2.24) is 4.31 Å². The number of benzene rings is 2. The molecule has 0 aromatic heterocycles. The highest BCUT2D eigenvalue weighted by Gasteiger charge is 2.30. The highest BCUT2D eigenvalue weighted by molar-refractivity contribution is 8.01. The van der Waals surface area contributed by atoms with Gasteiger partial charge >= 0.3 is 5.97 Å². The number of fused-ring (bicyclic) bond motifs is 1. The van der Waals surface area contributed by atoms with Crippen molar-refractivity contribution in [2.75, 3.05) is 30.3 Å². The van der Waals surface area contributed by atoms with E-state index in [0.29, 0.717) is 24.5 Å². The molecule has 2 aliphatic heterocycles. The van der Waals surface area contributed by atoms with Crippen LogP contribution in [0.3, 0.4) is 0 Å². The van der Waals surface area contributed by atoms with Crippen molar-refractivity contribution < 1.29 is 27.5 Å². The molecule has 1 fully saturated rings. The summed E-state index contributed by atoms with van der Waals surface area (Å²) in [5, 5.41) is 4.67. The van der Waals surface area contributed by atoms with Crippen LogP contribution in [0.1, 0.15) is 32.1 Å². The summed E-state index contributed by atoms with van der Waals surface area (Å²) in [6, 6.07) is 13.3. The number of amides is 2. The Bertz CT molecular complexity index is 1210. The maximum absolute atomic E-state index is 13.0. The summed E-state index contributed by atoms with van der Waals surface area (Å²) in [4.78, 5) is 37.8. The number of nitrogens with zero attached hydrogens (tertiary/aromatic N) is 1. The largest absolute Gasteiger partial charge is 0.456 e. The molecule has 2 aliphatic rings. The Kier molecular flexibility index (Phi) is 8.09. The first-order valence-electron chi connectivity index (χ1n) is 11.5. The highest BCUT2D eigenvalue weighted by atomic mass is 32.2. The van der Waals surface area contributed by atoms with Crippen molar-refractivity contribution in [3.05, 3.63) is 48.5 Å². The van der Waals surface area contributed by atoms with Gasteiger partial charge in [0.2, 0.25) is 15.9 Å².